The molecule has 1 aromatic rings. The largest absolute Gasteiger partial charge is 0.480 e. The Bertz CT molecular complexity index is 408. The van der Waals surface area contributed by atoms with Crippen LogP contribution in [0.5, 0.6) is 0 Å². The number of carboxylic acid groups (broad SMARTS) is 1. The van der Waals surface area contributed by atoms with Crippen molar-refractivity contribution in [1.29, 1.82) is 0 Å². The molecule has 0 aromatic carbocycles. The number of amides is 2. The maximum absolute atomic E-state index is 11.7. The summed E-state index contributed by atoms with van der Waals surface area (Å²) in [5.74, 6) is -1.03. The molecular weight excluding hydrogens is 234 g/mol. The molecule has 0 fully saturated rings. The summed E-state index contributed by atoms with van der Waals surface area (Å²) in [6.07, 6.45) is 1.99. The van der Waals surface area contributed by atoms with Crippen LogP contribution in [-0.2, 0) is 11.3 Å². The zero-order chi connectivity index (χ0) is 13.5. The van der Waals surface area contributed by atoms with Crippen molar-refractivity contribution in [3.63, 3.8) is 0 Å². The van der Waals surface area contributed by atoms with Crippen LogP contribution in [0.15, 0.2) is 24.4 Å². The second-order valence-corrected chi connectivity index (χ2v) is 3.93. The smallest absolute Gasteiger partial charge is 0.326 e. The fraction of sp³-hybridized carbons (Fsp3) is 0.417. The fourth-order valence-corrected chi connectivity index (χ4v) is 1.40. The van der Waals surface area contributed by atoms with Crippen LogP contribution in [0.2, 0.25) is 0 Å². The Hall–Kier alpha value is -2.11. The number of carbonyl (C=O) groups is 2. The third-order valence-electron chi connectivity index (χ3n) is 2.48. The lowest BCUT2D eigenvalue weighted by Gasteiger charge is -2.20. The molecule has 0 saturated carbocycles. The van der Waals surface area contributed by atoms with E-state index in [2.05, 4.69) is 10.3 Å². The molecule has 0 aliphatic heterocycles. The van der Waals surface area contributed by atoms with Crippen LogP contribution < -0.4 is 5.32 Å². The van der Waals surface area contributed by atoms with Gasteiger partial charge in [-0.05, 0) is 18.6 Å². The molecule has 1 aromatic heterocycles. The summed E-state index contributed by atoms with van der Waals surface area (Å²) in [6, 6.07) is 4.15. The SMILES string of the molecule is CC[C@H](NC(=O)N(C)Cc1ccccn1)C(=O)O. The molecule has 0 spiro atoms. The Labute approximate surface area is 106 Å². The van der Waals surface area contributed by atoms with Gasteiger partial charge in [0, 0.05) is 13.2 Å². The highest BCUT2D eigenvalue weighted by Crippen LogP contribution is 2.00. The average molecular weight is 251 g/mol. The maximum Gasteiger partial charge on any atom is 0.326 e. The van der Waals surface area contributed by atoms with Crippen LogP contribution >= 0.6 is 0 Å². The first kappa shape index (κ1) is 14.0. The van der Waals surface area contributed by atoms with E-state index in [0.29, 0.717) is 13.0 Å². The summed E-state index contributed by atoms with van der Waals surface area (Å²) in [5.41, 5.74) is 0.749. The van der Waals surface area contributed by atoms with Gasteiger partial charge in [-0.15, -0.1) is 0 Å². The number of nitrogens with one attached hydrogen (secondary N) is 1. The van der Waals surface area contributed by atoms with Gasteiger partial charge in [0.1, 0.15) is 6.04 Å². The number of nitrogens with zero attached hydrogens (tertiary/aromatic N) is 2. The van der Waals surface area contributed by atoms with Crippen molar-refractivity contribution in [2.45, 2.75) is 25.9 Å². The normalized spacial score (nSPS) is 11.7. The molecule has 0 aliphatic carbocycles. The molecule has 1 rings (SSSR count). The van der Waals surface area contributed by atoms with Gasteiger partial charge in [-0.2, -0.15) is 0 Å². The summed E-state index contributed by atoms with van der Waals surface area (Å²) >= 11 is 0. The van der Waals surface area contributed by atoms with Gasteiger partial charge in [-0.25, -0.2) is 9.59 Å². The first-order valence-electron chi connectivity index (χ1n) is 5.69. The number of hydrogen-bond acceptors (Lipinski definition) is 3. The van der Waals surface area contributed by atoms with Gasteiger partial charge in [0.05, 0.1) is 12.2 Å². The summed E-state index contributed by atoms with van der Waals surface area (Å²) < 4.78 is 0. The van der Waals surface area contributed by atoms with Crippen LogP contribution in [-0.4, -0.2) is 40.1 Å². The molecule has 0 saturated heterocycles. The minimum absolute atomic E-state index is 0.336. The predicted molar refractivity (Wildman–Crippen MR) is 66.0 cm³/mol. The van der Waals surface area contributed by atoms with Crippen LogP contribution in [0.25, 0.3) is 0 Å². The number of carboxylic acids is 1. The van der Waals surface area contributed by atoms with E-state index < -0.39 is 18.0 Å². The summed E-state index contributed by atoms with van der Waals surface area (Å²) in [4.78, 5) is 28.0. The van der Waals surface area contributed by atoms with E-state index in [1.165, 1.54) is 4.90 Å². The van der Waals surface area contributed by atoms with Gasteiger partial charge in [0.25, 0.3) is 0 Å². The monoisotopic (exact) mass is 251 g/mol. The summed E-state index contributed by atoms with van der Waals surface area (Å²) in [7, 11) is 1.60. The molecule has 0 bridgehead atoms. The van der Waals surface area contributed by atoms with E-state index in [0.717, 1.165) is 5.69 Å². The number of urea groups is 1. The van der Waals surface area contributed by atoms with E-state index >= 15 is 0 Å². The molecule has 6 heteroatoms. The van der Waals surface area contributed by atoms with Crippen molar-refractivity contribution in [3.05, 3.63) is 30.1 Å². The van der Waals surface area contributed by atoms with Gasteiger partial charge in [-0.1, -0.05) is 13.0 Å². The van der Waals surface area contributed by atoms with Crippen LogP contribution in [0.3, 0.4) is 0 Å². The molecule has 0 aliphatic rings. The molecule has 1 atom stereocenters. The quantitative estimate of drug-likeness (QED) is 0.820. The Morgan fingerprint density at radius 1 is 1.50 bits per heavy atom. The van der Waals surface area contributed by atoms with Gasteiger partial charge in [0.15, 0.2) is 0 Å². The van der Waals surface area contributed by atoms with Crippen molar-refractivity contribution in [1.82, 2.24) is 15.2 Å². The summed E-state index contributed by atoms with van der Waals surface area (Å²) in [5, 5.41) is 11.3. The fourth-order valence-electron chi connectivity index (χ4n) is 1.40. The molecule has 0 radical (unpaired) electrons. The highest BCUT2D eigenvalue weighted by molar-refractivity contribution is 5.82. The second kappa shape index (κ2) is 6.58. The molecule has 98 valence electrons. The first-order valence-corrected chi connectivity index (χ1v) is 5.69. The van der Waals surface area contributed by atoms with Crippen molar-refractivity contribution in [2.75, 3.05) is 7.05 Å². The minimum Gasteiger partial charge on any atom is -0.480 e. The first-order chi connectivity index (χ1) is 8.54. The number of pyridine rings is 1. The highest BCUT2D eigenvalue weighted by Gasteiger charge is 2.19. The molecule has 0 unspecified atom stereocenters. The number of hydrogen-bond donors (Lipinski definition) is 2. The van der Waals surface area contributed by atoms with Crippen molar-refractivity contribution >= 4 is 12.0 Å². The van der Waals surface area contributed by atoms with Gasteiger partial charge in [-0.3, -0.25) is 4.98 Å². The van der Waals surface area contributed by atoms with E-state index in [9.17, 15) is 9.59 Å². The molecule has 6 nitrogen and oxygen atoms in total. The van der Waals surface area contributed by atoms with E-state index in [1.54, 1.807) is 32.3 Å². The number of carbonyl (C=O) groups excluding carboxylic acids is 1. The number of aliphatic carboxylic acids is 1. The second-order valence-electron chi connectivity index (χ2n) is 3.93. The minimum atomic E-state index is -1.03. The Balaban J connectivity index is 2.54. The van der Waals surface area contributed by atoms with E-state index in [1.807, 2.05) is 6.07 Å². The third kappa shape index (κ3) is 4.04. The lowest BCUT2D eigenvalue weighted by molar-refractivity contribution is -0.139. The Morgan fingerprint density at radius 2 is 2.22 bits per heavy atom. The zero-order valence-electron chi connectivity index (χ0n) is 10.5. The molecule has 2 amide bonds. The van der Waals surface area contributed by atoms with Gasteiger partial charge >= 0.3 is 12.0 Å². The standard InChI is InChI=1S/C12H17N3O3/c1-3-10(11(16)17)14-12(18)15(2)8-9-6-4-5-7-13-9/h4-7,10H,3,8H2,1-2H3,(H,14,18)(H,16,17)/t10-/m0/s1. The van der Waals surface area contributed by atoms with Gasteiger partial charge in [0.2, 0.25) is 0 Å². The third-order valence-corrected chi connectivity index (χ3v) is 2.48. The molecule has 2 N–H and O–H groups in total. The van der Waals surface area contributed by atoms with Gasteiger partial charge < -0.3 is 15.3 Å². The lowest BCUT2D eigenvalue weighted by atomic mass is 10.2. The maximum atomic E-state index is 11.7. The number of rotatable bonds is 5. The highest BCUT2D eigenvalue weighted by atomic mass is 16.4. The van der Waals surface area contributed by atoms with Crippen LogP contribution in [0.1, 0.15) is 19.0 Å². The zero-order valence-corrected chi connectivity index (χ0v) is 10.5. The number of aromatic nitrogens is 1. The molecule has 18 heavy (non-hydrogen) atoms. The van der Waals surface area contributed by atoms with Crippen LogP contribution in [0.4, 0.5) is 4.79 Å². The Kier molecular flexibility index (Phi) is 5.10. The molecule has 1 heterocycles. The van der Waals surface area contributed by atoms with Crippen molar-refractivity contribution in [3.8, 4) is 0 Å². The molecular formula is C12H17N3O3. The van der Waals surface area contributed by atoms with E-state index in [-0.39, 0.29) is 0 Å². The predicted octanol–water partition coefficient (Wildman–Crippen LogP) is 1.09. The summed E-state index contributed by atoms with van der Waals surface area (Å²) in [6.45, 7) is 2.04. The van der Waals surface area contributed by atoms with Crippen LogP contribution in [0, 0.1) is 0 Å². The van der Waals surface area contributed by atoms with Crippen molar-refractivity contribution in [2.24, 2.45) is 0 Å². The average Bonchev–Trinajstić information content (AvgIpc) is 2.36. The van der Waals surface area contributed by atoms with Crippen molar-refractivity contribution < 1.29 is 14.7 Å². The lowest BCUT2D eigenvalue weighted by Crippen LogP contribution is -2.46. The van der Waals surface area contributed by atoms with E-state index in [4.69, 9.17) is 5.11 Å². The topological polar surface area (TPSA) is 82.5 Å². The Morgan fingerprint density at radius 3 is 2.72 bits per heavy atom.